The number of benzene rings is 2. The molecule has 4 aromatic rings. The molecule has 0 radical (unpaired) electrons. The molecule has 5 rings (SSSR count). The maximum absolute atomic E-state index is 13.0. The van der Waals surface area contributed by atoms with Gasteiger partial charge in [-0.3, -0.25) is 4.79 Å². The fraction of sp³-hybridized carbons (Fsp3) is 0.231. The number of carbonyl (C=O) groups excluding carboxylic acids is 1. The van der Waals surface area contributed by atoms with Gasteiger partial charge in [-0.2, -0.15) is 0 Å². The van der Waals surface area contributed by atoms with Gasteiger partial charge in [0.05, 0.1) is 9.79 Å². The van der Waals surface area contributed by atoms with Gasteiger partial charge in [-0.1, -0.05) is 12.1 Å². The van der Waals surface area contributed by atoms with E-state index in [9.17, 15) is 13.2 Å². The number of hydrogen-bond acceptors (Lipinski definition) is 5. The molecule has 2 aromatic heterocycles. The fourth-order valence-corrected chi connectivity index (χ4v) is 5.53. The van der Waals surface area contributed by atoms with Gasteiger partial charge in [0, 0.05) is 49.4 Å². The van der Waals surface area contributed by atoms with Crippen LogP contribution in [0.4, 0.5) is 5.69 Å². The van der Waals surface area contributed by atoms with Crippen molar-refractivity contribution in [1.82, 2.24) is 9.38 Å². The Balaban J connectivity index is 1.25. The number of rotatable bonds is 7. The Labute approximate surface area is 193 Å². The monoisotopic (exact) mass is 459 g/mol. The Morgan fingerprint density at radius 2 is 1.55 bits per heavy atom. The number of carbonyl (C=O) groups is 1. The fourth-order valence-electron chi connectivity index (χ4n) is 4.27. The Hall–Kier alpha value is -3.45. The van der Waals surface area contributed by atoms with Gasteiger partial charge >= 0.3 is 0 Å². The highest BCUT2D eigenvalue weighted by Crippen LogP contribution is 2.26. The van der Waals surface area contributed by atoms with Crippen LogP contribution < -0.4 is 4.90 Å². The molecule has 168 valence electrons. The van der Waals surface area contributed by atoms with Crippen molar-refractivity contribution in [2.75, 3.05) is 18.0 Å². The predicted molar refractivity (Wildman–Crippen MR) is 128 cm³/mol. The average molecular weight is 460 g/mol. The van der Waals surface area contributed by atoms with Crippen molar-refractivity contribution < 1.29 is 13.2 Å². The molecule has 6 nitrogen and oxygen atoms in total. The van der Waals surface area contributed by atoms with Gasteiger partial charge in [0.2, 0.25) is 9.84 Å². The minimum atomic E-state index is -3.58. The molecule has 33 heavy (non-hydrogen) atoms. The van der Waals surface area contributed by atoms with E-state index in [4.69, 9.17) is 0 Å². The summed E-state index contributed by atoms with van der Waals surface area (Å²) in [7, 11) is -3.58. The van der Waals surface area contributed by atoms with Crippen molar-refractivity contribution >= 4 is 27.0 Å². The van der Waals surface area contributed by atoms with Crippen molar-refractivity contribution in [3.05, 3.63) is 90.4 Å². The molecule has 0 atom stereocenters. The summed E-state index contributed by atoms with van der Waals surface area (Å²) < 4.78 is 27.9. The Bertz CT molecular complexity index is 1390. The van der Waals surface area contributed by atoms with Crippen molar-refractivity contribution in [2.45, 2.75) is 35.5 Å². The molecule has 1 saturated heterocycles. The van der Waals surface area contributed by atoms with Gasteiger partial charge in [-0.15, -0.1) is 0 Å². The van der Waals surface area contributed by atoms with E-state index < -0.39 is 9.84 Å². The summed E-state index contributed by atoms with van der Waals surface area (Å²) in [5.41, 5.74) is 3.43. The van der Waals surface area contributed by atoms with Crippen LogP contribution in [0.15, 0.2) is 89.0 Å². The van der Waals surface area contributed by atoms with Crippen LogP contribution in [-0.2, 0) is 16.3 Å². The van der Waals surface area contributed by atoms with Crippen LogP contribution in [-0.4, -0.2) is 36.7 Å². The van der Waals surface area contributed by atoms with Crippen LogP contribution >= 0.6 is 0 Å². The molecule has 7 heteroatoms. The van der Waals surface area contributed by atoms with Gasteiger partial charge in [-0.25, -0.2) is 13.4 Å². The molecule has 0 bridgehead atoms. The zero-order valence-corrected chi connectivity index (χ0v) is 19.0. The van der Waals surface area contributed by atoms with Crippen molar-refractivity contribution in [1.29, 1.82) is 0 Å². The number of pyridine rings is 1. The molecule has 0 spiro atoms. The quantitative estimate of drug-likeness (QED) is 0.378. The smallest absolute Gasteiger partial charge is 0.206 e. The highest BCUT2D eigenvalue weighted by atomic mass is 32.2. The van der Waals surface area contributed by atoms with Crippen molar-refractivity contribution in [3.8, 4) is 0 Å². The number of hydrogen-bond donors (Lipinski definition) is 0. The van der Waals surface area contributed by atoms with Crippen LogP contribution in [0.2, 0.25) is 0 Å². The largest absolute Gasteiger partial charge is 0.372 e. The third kappa shape index (κ3) is 4.41. The number of aryl methyl sites for hydroxylation is 1. The lowest BCUT2D eigenvalue weighted by Gasteiger charge is -2.17. The normalized spacial score (nSPS) is 14.1. The second-order valence-corrected chi connectivity index (χ2v) is 10.3. The van der Waals surface area contributed by atoms with E-state index in [0.717, 1.165) is 30.0 Å². The molecule has 0 unspecified atom stereocenters. The summed E-state index contributed by atoms with van der Waals surface area (Å²) in [6.45, 7) is 2.04. The zero-order valence-electron chi connectivity index (χ0n) is 18.2. The molecular weight excluding hydrogens is 434 g/mol. The summed E-state index contributed by atoms with van der Waals surface area (Å²) in [6.07, 6.45) is 8.55. The first-order chi connectivity index (χ1) is 16.0. The van der Waals surface area contributed by atoms with Crippen LogP contribution in [0.5, 0.6) is 0 Å². The molecule has 0 aliphatic carbocycles. The van der Waals surface area contributed by atoms with E-state index in [1.54, 1.807) is 54.9 Å². The zero-order chi connectivity index (χ0) is 22.8. The third-order valence-corrected chi connectivity index (χ3v) is 7.99. The number of imidazole rings is 1. The summed E-state index contributed by atoms with van der Waals surface area (Å²) >= 11 is 0. The second-order valence-electron chi connectivity index (χ2n) is 8.37. The first kappa shape index (κ1) is 21.4. The maximum Gasteiger partial charge on any atom is 0.206 e. The first-order valence-corrected chi connectivity index (χ1v) is 12.6. The molecular formula is C26H25N3O3S. The average Bonchev–Trinajstić information content (AvgIpc) is 3.55. The van der Waals surface area contributed by atoms with Gasteiger partial charge in [-0.05, 0) is 73.4 Å². The van der Waals surface area contributed by atoms with Gasteiger partial charge in [0.1, 0.15) is 5.65 Å². The van der Waals surface area contributed by atoms with E-state index in [1.807, 2.05) is 28.8 Å². The van der Waals surface area contributed by atoms with Crippen molar-refractivity contribution in [2.24, 2.45) is 0 Å². The third-order valence-electron chi connectivity index (χ3n) is 6.20. The van der Waals surface area contributed by atoms with Gasteiger partial charge in [0.15, 0.2) is 5.78 Å². The number of sulfone groups is 1. The first-order valence-electron chi connectivity index (χ1n) is 11.2. The SMILES string of the molecule is O=C(CCc1ccc(S(=O)(=O)c2ccc(N3CCCC3)cc2)cc1)c1ccc2nccn2c1. The van der Waals surface area contributed by atoms with Crippen LogP contribution in [0.25, 0.3) is 5.65 Å². The van der Waals surface area contributed by atoms with Crippen LogP contribution in [0.3, 0.4) is 0 Å². The summed E-state index contributed by atoms with van der Waals surface area (Å²) in [6, 6.07) is 17.6. The van der Waals surface area contributed by atoms with E-state index in [1.165, 1.54) is 12.8 Å². The Kier molecular flexibility index (Phi) is 5.72. The summed E-state index contributed by atoms with van der Waals surface area (Å²) in [5.74, 6) is 0.0420. The minimum Gasteiger partial charge on any atom is -0.372 e. The highest BCUT2D eigenvalue weighted by Gasteiger charge is 2.19. The number of ketones is 1. The molecule has 2 aromatic carbocycles. The lowest BCUT2D eigenvalue weighted by Crippen LogP contribution is -2.17. The second kappa shape index (κ2) is 8.83. The molecule has 1 aliphatic heterocycles. The van der Waals surface area contributed by atoms with Gasteiger partial charge < -0.3 is 9.30 Å². The lowest BCUT2D eigenvalue weighted by atomic mass is 10.0. The van der Waals surface area contributed by atoms with Gasteiger partial charge in [0.25, 0.3) is 0 Å². The highest BCUT2D eigenvalue weighted by molar-refractivity contribution is 7.91. The number of Topliss-reactive ketones (excluding diaryl/α,β-unsaturated/α-hetero) is 1. The predicted octanol–water partition coefficient (Wildman–Crippen LogP) is 4.58. The summed E-state index contributed by atoms with van der Waals surface area (Å²) in [4.78, 5) is 19.6. The van der Waals surface area contributed by atoms with Crippen LogP contribution in [0.1, 0.15) is 35.2 Å². The van der Waals surface area contributed by atoms with E-state index in [2.05, 4.69) is 9.88 Å². The molecule has 3 heterocycles. The molecule has 1 aliphatic rings. The Morgan fingerprint density at radius 3 is 2.24 bits per heavy atom. The molecule has 0 saturated carbocycles. The topological polar surface area (TPSA) is 71.8 Å². The Morgan fingerprint density at radius 1 is 0.879 bits per heavy atom. The molecule has 0 N–H and O–H groups in total. The van der Waals surface area contributed by atoms with E-state index in [0.29, 0.717) is 23.3 Å². The minimum absolute atomic E-state index is 0.0420. The van der Waals surface area contributed by atoms with E-state index >= 15 is 0 Å². The molecule has 0 amide bonds. The summed E-state index contributed by atoms with van der Waals surface area (Å²) in [5, 5.41) is 0. The maximum atomic E-state index is 13.0. The number of nitrogens with zero attached hydrogens (tertiary/aromatic N) is 3. The van der Waals surface area contributed by atoms with Crippen LogP contribution in [0, 0.1) is 0 Å². The number of aromatic nitrogens is 2. The van der Waals surface area contributed by atoms with Crippen molar-refractivity contribution in [3.63, 3.8) is 0 Å². The lowest BCUT2D eigenvalue weighted by molar-refractivity contribution is 0.0982. The molecule has 1 fully saturated rings. The standard InChI is InChI=1S/C26H25N3O3S/c30-25(21-6-14-26-27-15-18-29(26)19-21)13-5-20-3-9-23(10-4-20)33(31,32)24-11-7-22(8-12-24)28-16-1-2-17-28/h3-4,6-12,14-15,18-19H,1-2,5,13,16-17H2. The number of fused-ring (bicyclic) bond motifs is 1. The van der Waals surface area contributed by atoms with E-state index in [-0.39, 0.29) is 10.7 Å². The number of anilines is 1.